The van der Waals surface area contributed by atoms with Crippen LogP contribution >= 0.6 is 11.3 Å². The SMILES string of the molecule is Cc1nc(C)c(C(=O)Nc2nc(-c3ccc4c(c3)CCC(=O)N4CC3CCCOC3)cs2)o1. The van der Waals surface area contributed by atoms with E-state index < -0.39 is 0 Å². The number of nitrogens with zero attached hydrogens (tertiary/aromatic N) is 3. The third kappa shape index (κ3) is 4.56. The van der Waals surface area contributed by atoms with E-state index in [1.165, 1.54) is 11.3 Å². The molecule has 2 amide bonds. The number of rotatable bonds is 5. The lowest BCUT2D eigenvalue weighted by Crippen LogP contribution is -2.40. The second-order valence-electron chi connectivity index (χ2n) is 8.57. The molecule has 3 aromatic rings. The number of amides is 2. The Morgan fingerprint density at radius 1 is 1.27 bits per heavy atom. The second-order valence-corrected chi connectivity index (χ2v) is 9.43. The number of hydrogen-bond donors (Lipinski definition) is 1. The molecule has 8 nitrogen and oxygen atoms in total. The van der Waals surface area contributed by atoms with Gasteiger partial charge in [0, 0.05) is 49.0 Å². The van der Waals surface area contributed by atoms with Crippen molar-refractivity contribution < 1.29 is 18.7 Å². The molecule has 9 heteroatoms. The number of thiazole rings is 1. The highest BCUT2D eigenvalue weighted by atomic mass is 32.1. The zero-order valence-corrected chi connectivity index (χ0v) is 19.5. The van der Waals surface area contributed by atoms with Crippen LogP contribution in [0.5, 0.6) is 0 Å². The third-order valence-electron chi connectivity index (χ3n) is 6.11. The monoisotopic (exact) mass is 466 g/mol. The van der Waals surface area contributed by atoms with Gasteiger partial charge in [-0.1, -0.05) is 6.07 Å². The van der Waals surface area contributed by atoms with Gasteiger partial charge in [-0.05, 0) is 43.9 Å². The van der Waals surface area contributed by atoms with Crippen molar-refractivity contribution >= 4 is 34.0 Å². The van der Waals surface area contributed by atoms with Crippen molar-refractivity contribution in [2.75, 3.05) is 30.0 Å². The summed E-state index contributed by atoms with van der Waals surface area (Å²) in [6, 6.07) is 6.12. The fourth-order valence-corrected chi connectivity index (χ4v) is 5.20. The van der Waals surface area contributed by atoms with E-state index in [0.717, 1.165) is 55.0 Å². The van der Waals surface area contributed by atoms with Gasteiger partial charge in [0.15, 0.2) is 11.0 Å². The van der Waals surface area contributed by atoms with Crippen LogP contribution in [0.15, 0.2) is 28.0 Å². The summed E-state index contributed by atoms with van der Waals surface area (Å²) in [4.78, 5) is 35.8. The molecule has 0 saturated carbocycles. The van der Waals surface area contributed by atoms with Crippen LogP contribution in [-0.2, 0) is 16.0 Å². The van der Waals surface area contributed by atoms with Crippen molar-refractivity contribution in [2.45, 2.75) is 39.5 Å². The predicted molar refractivity (Wildman–Crippen MR) is 126 cm³/mol. The van der Waals surface area contributed by atoms with Crippen molar-refractivity contribution in [1.29, 1.82) is 0 Å². The summed E-state index contributed by atoms with van der Waals surface area (Å²) >= 11 is 1.36. The smallest absolute Gasteiger partial charge is 0.295 e. The van der Waals surface area contributed by atoms with Gasteiger partial charge in [-0.2, -0.15) is 0 Å². The average molecular weight is 467 g/mol. The predicted octanol–water partition coefficient (Wildman–Crippen LogP) is 4.37. The van der Waals surface area contributed by atoms with Crippen molar-refractivity contribution in [3.63, 3.8) is 0 Å². The van der Waals surface area contributed by atoms with Gasteiger partial charge in [-0.3, -0.25) is 14.9 Å². The van der Waals surface area contributed by atoms with Crippen LogP contribution in [0.1, 0.15) is 47.0 Å². The highest BCUT2D eigenvalue weighted by Crippen LogP contribution is 2.34. The van der Waals surface area contributed by atoms with Crippen LogP contribution in [0.2, 0.25) is 0 Å². The molecule has 0 spiro atoms. The number of ether oxygens (including phenoxy) is 1. The van der Waals surface area contributed by atoms with Gasteiger partial charge in [0.2, 0.25) is 11.7 Å². The first-order valence-corrected chi connectivity index (χ1v) is 12.1. The van der Waals surface area contributed by atoms with E-state index in [1.54, 1.807) is 13.8 Å². The molecule has 1 saturated heterocycles. The molecule has 1 fully saturated rings. The summed E-state index contributed by atoms with van der Waals surface area (Å²) in [5.74, 6) is 0.855. The van der Waals surface area contributed by atoms with Gasteiger partial charge in [0.1, 0.15) is 0 Å². The van der Waals surface area contributed by atoms with Crippen LogP contribution in [-0.4, -0.2) is 41.5 Å². The Kier molecular flexibility index (Phi) is 5.99. The molecule has 2 aliphatic rings. The van der Waals surface area contributed by atoms with E-state index in [4.69, 9.17) is 9.15 Å². The van der Waals surface area contributed by atoms with E-state index in [1.807, 2.05) is 22.4 Å². The summed E-state index contributed by atoms with van der Waals surface area (Å²) in [6.07, 6.45) is 3.38. The minimum absolute atomic E-state index is 0.178. The molecule has 1 N–H and O–H groups in total. The van der Waals surface area contributed by atoms with Gasteiger partial charge < -0.3 is 14.1 Å². The van der Waals surface area contributed by atoms with Crippen molar-refractivity contribution in [3.8, 4) is 11.3 Å². The number of aromatic nitrogens is 2. The molecule has 2 aromatic heterocycles. The first-order chi connectivity index (χ1) is 16.0. The Bertz CT molecular complexity index is 1200. The summed E-state index contributed by atoms with van der Waals surface area (Å²) < 4.78 is 11.0. The van der Waals surface area contributed by atoms with Gasteiger partial charge in [-0.25, -0.2) is 9.97 Å². The summed E-state index contributed by atoms with van der Waals surface area (Å²) in [6.45, 7) is 5.69. The normalized spacial score (nSPS) is 18.3. The topological polar surface area (TPSA) is 97.6 Å². The molecule has 0 bridgehead atoms. The number of benzene rings is 1. The second kappa shape index (κ2) is 9.07. The lowest BCUT2D eigenvalue weighted by atomic mass is 9.95. The highest BCUT2D eigenvalue weighted by molar-refractivity contribution is 7.14. The fourth-order valence-electron chi connectivity index (χ4n) is 4.49. The zero-order valence-electron chi connectivity index (χ0n) is 18.7. The minimum Gasteiger partial charge on any atom is -0.436 e. The van der Waals surface area contributed by atoms with Gasteiger partial charge in [-0.15, -0.1) is 11.3 Å². The number of anilines is 2. The lowest BCUT2D eigenvalue weighted by Gasteiger charge is -2.34. The Hall–Kier alpha value is -3.04. The molecule has 33 heavy (non-hydrogen) atoms. The molecule has 0 aliphatic carbocycles. The Morgan fingerprint density at radius 2 is 2.15 bits per heavy atom. The van der Waals surface area contributed by atoms with Gasteiger partial charge in [0.25, 0.3) is 5.91 Å². The van der Waals surface area contributed by atoms with Crippen LogP contribution in [0.3, 0.4) is 0 Å². The molecule has 1 unspecified atom stereocenters. The fraction of sp³-hybridized carbons (Fsp3) is 0.417. The molecule has 1 aromatic carbocycles. The van der Waals surface area contributed by atoms with Crippen LogP contribution < -0.4 is 10.2 Å². The zero-order chi connectivity index (χ0) is 22.9. The lowest BCUT2D eigenvalue weighted by molar-refractivity contribution is -0.119. The molecule has 1 atom stereocenters. The number of hydrogen-bond acceptors (Lipinski definition) is 7. The number of aryl methyl sites for hydroxylation is 3. The highest BCUT2D eigenvalue weighted by Gasteiger charge is 2.28. The standard InChI is InChI=1S/C24H26N4O4S/c1-14-22(32-15(2)25-14)23(30)27-24-26-19(13-33-24)17-5-7-20-18(10-17)6-8-21(29)28(20)11-16-4-3-9-31-12-16/h5,7,10,13,16H,3-4,6,8-9,11-12H2,1-2H3,(H,26,27,30). The number of oxazole rings is 1. The van der Waals surface area contributed by atoms with Gasteiger partial charge >= 0.3 is 0 Å². The molecule has 4 heterocycles. The van der Waals surface area contributed by atoms with Crippen molar-refractivity contribution in [1.82, 2.24) is 9.97 Å². The van der Waals surface area contributed by atoms with Crippen LogP contribution in [0.25, 0.3) is 11.3 Å². The maximum atomic E-state index is 12.7. The average Bonchev–Trinajstić information content (AvgIpc) is 3.41. The van der Waals surface area contributed by atoms with Gasteiger partial charge in [0.05, 0.1) is 18.0 Å². The molecule has 5 rings (SSSR count). The summed E-state index contributed by atoms with van der Waals surface area (Å²) in [5.41, 5.74) is 4.44. The Labute approximate surface area is 196 Å². The van der Waals surface area contributed by atoms with E-state index >= 15 is 0 Å². The van der Waals surface area contributed by atoms with Crippen molar-refractivity contribution in [2.24, 2.45) is 5.92 Å². The number of carbonyl (C=O) groups excluding carboxylic acids is 2. The quantitative estimate of drug-likeness (QED) is 0.600. The largest absolute Gasteiger partial charge is 0.436 e. The number of nitrogens with one attached hydrogen (secondary N) is 1. The molecule has 0 radical (unpaired) electrons. The van der Waals surface area contributed by atoms with Crippen molar-refractivity contribution in [3.05, 3.63) is 46.5 Å². The van der Waals surface area contributed by atoms with E-state index in [2.05, 4.69) is 21.4 Å². The Balaban J connectivity index is 1.33. The molecule has 172 valence electrons. The molecular weight excluding hydrogens is 440 g/mol. The van der Waals surface area contributed by atoms with E-state index in [0.29, 0.717) is 35.6 Å². The van der Waals surface area contributed by atoms with Crippen LogP contribution in [0, 0.1) is 19.8 Å². The third-order valence-corrected chi connectivity index (χ3v) is 6.86. The molecular formula is C24H26N4O4S. The minimum atomic E-state index is -0.361. The van der Waals surface area contributed by atoms with Crippen LogP contribution in [0.4, 0.5) is 10.8 Å². The van der Waals surface area contributed by atoms with E-state index in [-0.39, 0.29) is 17.6 Å². The summed E-state index contributed by atoms with van der Waals surface area (Å²) in [7, 11) is 0. The first kappa shape index (κ1) is 21.8. The maximum Gasteiger partial charge on any atom is 0.295 e. The number of carbonyl (C=O) groups is 2. The molecule has 2 aliphatic heterocycles. The number of fused-ring (bicyclic) bond motifs is 1. The van der Waals surface area contributed by atoms with E-state index in [9.17, 15) is 9.59 Å². The Morgan fingerprint density at radius 3 is 2.91 bits per heavy atom. The first-order valence-electron chi connectivity index (χ1n) is 11.2. The maximum absolute atomic E-state index is 12.7. The summed E-state index contributed by atoms with van der Waals surface area (Å²) in [5, 5.41) is 5.21.